The van der Waals surface area contributed by atoms with Gasteiger partial charge in [0.05, 0.1) is 19.3 Å². The Bertz CT molecular complexity index is 774. The van der Waals surface area contributed by atoms with Crippen LogP contribution < -0.4 is 0 Å². The third kappa shape index (κ3) is 5.14. The molecule has 0 atom stereocenters. The fourth-order valence-electron chi connectivity index (χ4n) is 4.85. The van der Waals surface area contributed by atoms with Crippen LogP contribution in [0.15, 0.2) is 36.4 Å². The molecular formula is C24H31F3N2O2. The lowest BCUT2D eigenvalue weighted by atomic mass is 9.59. The predicted octanol–water partition coefficient (Wildman–Crippen LogP) is 4.51. The van der Waals surface area contributed by atoms with E-state index >= 15 is 0 Å². The van der Waals surface area contributed by atoms with E-state index in [4.69, 9.17) is 4.74 Å². The summed E-state index contributed by atoms with van der Waals surface area (Å²) in [5.74, 6) is -1.63. The highest BCUT2D eigenvalue weighted by Gasteiger charge is 2.59. The summed E-state index contributed by atoms with van der Waals surface area (Å²) in [4.78, 5) is 15.1. The van der Waals surface area contributed by atoms with Crippen molar-refractivity contribution >= 4 is 12.0 Å². The zero-order valence-corrected chi connectivity index (χ0v) is 18.0. The van der Waals surface area contributed by atoms with Crippen molar-refractivity contribution in [3.05, 3.63) is 42.0 Å². The molecule has 5 rings (SSSR count). The van der Waals surface area contributed by atoms with E-state index in [1.165, 1.54) is 5.56 Å². The number of benzene rings is 1. The Kier molecular flexibility index (Phi) is 6.44. The van der Waals surface area contributed by atoms with Gasteiger partial charge in [-0.15, -0.1) is 0 Å². The largest absolute Gasteiger partial charge is 0.471 e. The monoisotopic (exact) mass is 436 g/mol. The quantitative estimate of drug-likeness (QED) is 0.681. The highest BCUT2D eigenvalue weighted by molar-refractivity contribution is 5.83. The summed E-state index contributed by atoms with van der Waals surface area (Å²) in [6.45, 7) is 5.60. The SMILES string of the molecule is CC/C=C\c1ccccc1.O=C(N(C1CC1)C1CC2(C1)CN(C1COC1)C2)C(F)(F)F. The maximum atomic E-state index is 12.7. The number of hydrogen-bond donors (Lipinski definition) is 0. The Morgan fingerprint density at radius 2 is 1.81 bits per heavy atom. The van der Waals surface area contributed by atoms with Gasteiger partial charge in [0.1, 0.15) is 0 Å². The highest BCUT2D eigenvalue weighted by Crippen LogP contribution is 2.53. The van der Waals surface area contributed by atoms with Gasteiger partial charge in [0.25, 0.3) is 0 Å². The van der Waals surface area contributed by atoms with E-state index in [2.05, 4.69) is 48.2 Å². The predicted molar refractivity (Wildman–Crippen MR) is 113 cm³/mol. The zero-order valence-electron chi connectivity index (χ0n) is 18.0. The van der Waals surface area contributed by atoms with Gasteiger partial charge in [-0.05, 0) is 43.1 Å². The summed E-state index contributed by atoms with van der Waals surface area (Å²) in [5.41, 5.74) is 1.45. The number of ether oxygens (including phenoxy) is 1. The van der Waals surface area contributed by atoms with Crippen LogP contribution in [0, 0.1) is 5.41 Å². The van der Waals surface area contributed by atoms with Crippen LogP contribution in [0.4, 0.5) is 13.2 Å². The summed E-state index contributed by atoms with van der Waals surface area (Å²) in [6, 6.07) is 10.5. The first-order valence-corrected chi connectivity index (χ1v) is 11.2. The normalized spacial score (nSPS) is 23.5. The van der Waals surface area contributed by atoms with Gasteiger partial charge in [-0.1, -0.05) is 49.4 Å². The van der Waals surface area contributed by atoms with Crippen molar-refractivity contribution in [2.24, 2.45) is 5.41 Å². The fourth-order valence-corrected chi connectivity index (χ4v) is 4.85. The summed E-state index contributed by atoms with van der Waals surface area (Å²) >= 11 is 0. The van der Waals surface area contributed by atoms with Crippen molar-refractivity contribution in [1.82, 2.24) is 9.80 Å². The first kappa shape index (κ1) is 22.3. The lowest BCUT2D eigenvalue weighted by molar-refractivity contribution is -0.203. The number of likely N-dealkylation sites (tertiary alicyclic amines) is 1. The molecule has 170 valence electrons. The average molecular weight is 437 g/mol. The molecule has 2 saturated carbocycles. The molecule has 2 aliphatic heterocycles. The Hall–Kier alpha value is -1.86. The molecule has 4 fully saturated rings. The number of allylic oxidation sites excluding steroid dienone is 1. The third-order valence-corrected chi connectivity index (χ3v) is 6.71. The molecule has 2 aliphatic carbocycles. The minimum Gasteiger partial charge on any atom is -0.378 e. The number of nitrogens with zero attached hydrogens (tertiary/aromatic N) is 2. The van der Waals surface area contributed by atoms with Crippen molar-refractivity contribution in [3.8, 4) is 0 Å². The summed E-state index contributed by atoms with van der Waals surface area (Å²) in [6.07, 6.45) is 3.57. The number of halogens is 3. The minimum atomic E-state index is -4.74. The molecule has 1 aromatic rings. The minimum absolute atomic E-state index is 0.166. The molecule has 2 heterocycles. The van der Waals surface area contributed by atoms with Gasteiger partial charge >= 0.3 is 12.1 Å². The lowest BCUT2D eigenvalue weighted by Gasteiger charge is -2.63. The molecule has 2 saturated heterocycles. The van der Waals surface area contributed by atoms with Gasteiger partial charge in [-0.2, -0.15) is 13.2 Å². The molecule has 4 aliphatic rings. The zero-order chi connectivity index (χ0) is 22.1. The van der Waals surface area contributed by atoms with Gasteiger partial charge in [0.15, 0.2) is 0 Å². The molecule has 0 unspecified atom stereocenters. The Morgan fingerprint density at radius 1 is 1.16 bits per heavy atom. The van der Waals surface area contributed by atoms with E-state index in [1.807, 2.05) is 6.07 Å². The van der Waals surface area contributed by atoms with E-state index in [9.17, 15) is 18.0 Å². The highest BCUT2D eigenvalue weighted by atomic mass is 19.4. The van der Waals surface area contributed by atoms with Crippen LogP contribution >= 0.6 is 0 Å². The van der Waals surface area contributed by atoms with Crippen molar-refractivity contribution in [2.45, 2.75) is 63.3 Å². The van der Waals surface area contributed by atoms with Crippen molar-refractivity contribution in [1.29, 1.82) is 0 Å². The molecule has 0 bridgehead atoms. The van der Waals surface area contributed by atoms with Crippen LogP contribution in [-0.2, 0) is 9.53 Å². The molecule has 1 spiro atoms. The first-order chi connectivity index (χ1) is 14.8. The van der Waals surface area contributed by atoms with Crippen LogP contribution in [0.1, 0.15) is 44.6 Å². The third-order valence-electron chi connectivity index (χ3n) is 6.71. The van der Waals surface area contributed by atoms with Gasteiger partial charge in [-0.25, -0.2) is 0 Å². The molecule has 31 heavy (non-hydrogen) atoms. The molecular weight excluding hydrogens is 405 g/mol. The van der Waals surface area contributed by atoms with Crippen molar-refractivity contribution in [2.75, 3.05) is 26.3 Å². The Morgan fingerprint density at radius 3 is 2.29 bits per heavy atom. The van der Waals surface area contributed by atoms with Gasteiger partial charge in [-0.3, -0.25) is 9.69 Å². The van der Waals surface area contributed by atoms with E-state index < -0.39 is 12.1 Å². The molecule has 0 aromatic heterocycles. The van der Waals surface area contributed by atoms with Crippen molar-refractivity contribution < 1.29 is 22.7 Å². The Balaban J connectivity index is 0.000000196. The second-order valence-corrected chi connectivity index (χ2v) is 9.32. The van der Waals surface area contributed by atoms with Crippen LogP contribution in [0.2, 0.25) is 0 Å². The summed E-state index contributed by atoms with van der Waals surface area (Å²) in [7, 11) is 0. The maximum Gasteiger partial charge on any atom is 0.471 e. The smallest absolute Gasteiger partial charge is 0.378 e. The van der Waals surface area contributed by atoms with Gasteiger partial charge in [0, 0.05) is 25.2 Å². The van der Waals surface area contributed by atoms with E-state index in [0.29, 0.717) is 6.04 Å². The van der Waals surface area contributed by atoms with Crippen LogP contribution in [0.5, 0.6) is 0 Å². The van der Waals surface area contributed by atoms with Gasteiger partial charge in [0.2, 0.25) is 0 Å². The molecule has 1 amide bonds. The molecule has 7 heteroatoms. The molecule has 1 aromatic carbocycles. The van der Waals surface area contributed by atoms with Gasteiger partial charge < -0.3 is 9.64 Å². The summed E-state index contributed by atoms with van der Waals surface area (Å²) < 4.78 is 43.3. The van der Waals surface area contributed by atoms with E-state index in [0.717, 1.165) is 63.3 Å². The van der Waals surface area contributed by atoms with E-state index in [-0.39, 0.29) is 17.5 Å². The number of carbonyl (C=O) groups excluding carboxylic acids is 1. The summed E-state index contributed by atoms with van der Waals surface area (Å²) in [5, 5.41) is 0. The molecule has 0 radical (unpaired) electrons. The Labute approximate surface area is 182 Å². The standard InChI is InChI=1S/C14H19F3N2O2.C10H12/c15-14(16,17)12(20)19(9-1-2-9)10-3-13(4-10)7-18(8-13)11-5-21-6-11;1-2-3-7-10-8-5-4-6-9-10/h9-11H,1-8H2;3-9H,2H2,1H3/b;7-3-. The fraction of sp³-hybridized carbons (Fsp3) is 0.625. The topological polar surface area (TPSA) is 32.8 Å². The number of alkyl halides is 3. The van der Waals surface area contributed by atoms with Crippen LogP contribution in [0.25, 0.3) is 6.08 Å². The number of amides is 1. The van der Waals surface area contributed by atoms with Crippen LogP contribution in [-0.4, -0.2) is 66.3 Å². The molecule has 0 N–H and O–H groups in total. The molecule has 4 nitrogen and oxygen atoms in total. The second kappa shape index (κ2) is 8.94. The average Bonchev–Trinajstić information content (AvgIpc) is 3.46. The first-order valence-electron chi connectivity index (χ1n) is 11.2. The lowest BCUT2D eigenvalue weighted by Crippen LogP contribution is -2.71. The number of rotatable bonds is 5. The van der Waals surface area contributed by atoms with E-state index in [1.54, 1.807) is 0 Å². The number of hydrogen-bond acceptors (Lipinski definition) is 3. The number of carbonyl (C=O) groups is 1. The van der Waals surface area contributed by atoms with Crippen LogP contribution in [0.3, 0.4) is 0 Å². The maximum absolute atomic E-state index is 12.7. The second-order valence-electron chi connectivity index (χ2n) is 9.32. The van der Waals surface area contributed by atoms with Crippen molar-refractivity contribution in [3.63, 3.8) is 0 Å².